The number of nitrogens with one attached hydrogen (secondary N) is 1. The summed E-state index contributed by atoms with van der Waals surface area (Å²) in [5.74, 6) is 0.955. The maximum atomic E-state index is 5.89. The number of aryl methyl sites for hydroxylation is 1. The topological polar surface area (TPSA) is 30.5 Å². The van der Waals surface area contributed by atoms with Crippen LogP contribution in [0.5, 0.6) is 5.75 Å². The Balaban J connectivity index is 3.01. The van der Waals surface area contributed by atoms with Crippen molar-refractivity contribution in [1.82, 2.24) is 5.32 Å². The molecule has 0 bridgehead atoms. The lowest BCUT2D eigenvalue weighted by Gasteiger charge is -2.26. The largest absolute Gasteiger partial charge is 0.496 e. The standard InChI is InChI=1S/C16H27NO2/c1-11-8-9-13(15(18-7)12(11)2)14(17-6)10-19-16(3,4)5/h8-9,14,17H,10H2,1-7H3. The first-order chi connectivity index (χ1) is 8.80. The van der Waals surface area contributed by atoms with Gasteiger partial charge in [-0.15, -0.1) is 0 Å². The van der Waals surface area contributed by atoms with Crippen LogP contribution in [0.15, 0.2) is 12.1 Å². The minimum Gasteiger partial charge on any atom is -0.496 e. The molecular weight excluding hydrogens is 238 g/mol. The number of benzene rings is 1. The molecule has 0 fully saturated rings. The summed E-state index contributed by atoms with van der Waals surface area (Å²) in [5, 5.41) is 3.31. The first-order valence-electron chi connectivity index (χ1n) is 6.75. The second-order valence-electron chi connectivity index (χ2n) is 5.89. The zero-order valence-electron chi connectivity index (χ0n) is 13.3. The highest BCUT2D eigenvalue weighted by atomic mass is 16.5. The highest BCUT2D eigenvalue weighted by Crippen LogP contribution is 2.31. The number of methoxy groups -OCH3 is 1. The molecule has 3 heteroatoms. The van der Waals surface area contributed by atoms with Gasteiger partial charge in [0.15, 0.2) is 0 Å². The number of rotatable bonds is 5. The van der Waals surface area contributed by atoms with Crippen molar-refractivity contribution in [2.45, 2.75) is 46.3 Å². The number of ether oxygens (including phenoxy) is 2. The monoisotopic (exact) mass is 265 g/mol. The van der Waals surface area contributed by atoms with Crippen molar-refractivity contribution in [3.05, 3.63) is 28.8 Å². The molecule has 0 aliphatic carbocycles. The maximum Gasteiger partial charge on any atom is 0.126 e. The van der Waals surface area contributed by atoms with Gasteiger partial charge in [0.25, 0.3) is 0 Å². The second-order valence-corrected chi connectivity index (χ2v) is 5.89. The molecule has 3 nitrogen and oxygen atoms in total. The summed E-state index contributed by atoms with van der Waals surface area (Å²) in [7, 11) is 3.67. The lowest BCUT2D eigenvalue weighted by molar-refractivity contribution is -0.0141. The van der Waals surface area contributed by atoms with Crippen molar-refractivity contribution in [2.75, 3.05) is 20.8 Å². The summed E-state index contributed by atoms with van der Waals surface area (Å²) in [6.45, 7) is 11.0. The van der Waals surface area contributed by atoms with Gasteiger partial charge in [0, 0.05) is 5.56 Å². The van der Waals surface area contributed by atoms with E-state index in [0.29, 0.717) is 6.61 Å². The summed E-state index contributed by atoms with van der Waals surface area (Å²) in [6, 6.07) is 4.39. The molecule has 0 saturated carbocycles. The Labute approximate surface area is 117 Å². The fraction of sp³-hybridized carbons (Fsp3) is 0.625. The summed E-state index contributed by atoms with van der Waals surface area (Å²) >= 11 is 0. The lowest BCUT2D eigenvalue weighted by Crippen LogP contribution is -2.28. The van der Waals surface area contributed by atoms with E-state index >= 15 is 0 Å². The van der Waals surface area contributed by atoms with Crippen LogP contribution in [-0.4, -0.2) is 26.4 Å². The summed E-state index contributed by atoms with van der Waals surface area (Å²) in [4.78, 5) is 0. The quantitative estimate of drug-likeness (QED) is 0.885. The van der Waals surface area contributed by atoms with Gasteiger partial charge >= 0.3 is 0 Å². The predicted molar refractivity (Wildman–Crippen MR) is 80.0 cm³/mol. The maximum absolute atomic E-state index is 5.89. The molecule has 0 amide bonds. The van der Waals surface area contributed by atoms with E-state index < -0.39 is 0 Å². The minimum absolute atomic E-state index is 0.133. The molecule has 0 saturated heterocycles. The Hall–Kier alpha value is -1.06. The fourth-order valence-corrected chi connectivity index (χ4v) is 2.02. The zero-order chi connectivity index (χ0) is 14.6. The summed E-state index contributed by atoms with van der Waals surface area (Å²) in [5.41, 5.74) is 3.45. The van der Waals surface area contributed by atoms with Gasteiger partial charge in [-0.05, 0) is 52.8 Å². The Bertz CT molecular complexity index is 421. The highest BCUT2D eigenvalue weighted by Gasteiger charge is 2.20. The highest BCUT2D eigenvalue weighted by molar-refractivity contribution is 5.46. The van der Waals surface area contributed by atoms with Crippen molar-refractivity contribution < 1.29 is 9.47 Å². The summed E-state index contributed by atoms with van der Waals surface area (Å²) < 4.78 is 11.5. The Morgan fingerprint density at radius 3 is 2.32 bits per heavy atom. The van der Waals surface area contributed by atoms with Crippen LogP contribution in [0.1, 0.15) is 43.5 Å². The molecule has 0 aliphatic rings. The first kappa shape index (κ1) is 16.0. The first-order valence-corrected chi connectivity index (χ1v) is 6.75. The molecule has 1 atom stereocenters. The van der Waals surface area contributed by atoms with Gasteiger partial charge < -0.3 is 14.8 Å². The van der Waals surface area contributed by atoms with Gasteiger partial charge in [0.2, 0.25) is 0 Å². The van der Waals surface area contributed by atoms with E-state index in [9.17, 15) is 0 Å². The molecule has 0 aromatic heterocycles. The van der Waals surface area contributed by atoms with Crippen LogP contribution in [0.2, 0.25) is 0 Å². The van der Waals surface area contributed by atoms with Crippen molar-refractivity contribution in [2.24, 2.45) is 0 Å². The number of hydrogen-bond acceptors (Lipinski definition) is 3. The van der Waals surface area contributed by atoms with E-state index in [1.807, 2.05) is 7.05 Å². The van der Waals surface area contributed by atoms with E-state index in [2.05, 4.69) is 52.1 Å². The molecular formula is C16H27NO2. The van der Waals surface area contributed by atoms with Crippen LogP contribution < -0.4 is 10.1 Å². The average molecular weight is 265 g/mol. The molecule has 1 unspecified atom stereocenters. The van der Waals surface area contributed by atoms with Crippen LogP contribution in [0.3, 0.4) is 0 Å². The molecule has 0 radical (unpaired) electrons. The molecule has 0 spiro atoms. The Kier molecular flexibility index (Phi) is 5.39. The van der Waals surface area contributed by atoms with E-state index in [1.54, 1.807) is 7.11 Å². The molecule has 1 aromatic carbocycles. The van der Waals surface area contributed by atoms with Crippen molar-refractivity contribution in [3.63, 3.8) is 0 Å². The molecule has 1 rings (SSSR count). The van der Waals surface area contributed by atoms with Gasteiger partial charge in [-0.25, -0.2) is 0 Å². The van der Waals surface area contributed by atoms with Gasteiger partial charge in [0.05, 0.1) is 25.4 Å². The van der Waals surface area contributed by atoms with Crippen LogP contribution >= 0.6 is 0 Å². The molecule has 19 heavy (non-hydrogen) atoms. The summed E-state index contributed by atoms with van der Waals surface area (Å²) in [6.07, 6.45) is 0. The van der Waals surface area contributed by atoms with Crippen molar-refractivity contribution in [1.29, 1.82) is 0 Å². The van der Waals surface area contributed by atoms with Crippen LogP contribution in [0.4, 0.5) is 0 Å². The number of likely N-dealkylation sites (N-methyl/N-ethyl adjacent to an activating group) is 1. The zero-order valence-corrected chi connectivity index (χ0v) is 13.3. The fourth-order valence-electron chi connectivity index (χ4n) is 2.02. The predicted octanol–water partition coefficient (Wildman–Crippen LogP) is 3.39. The normalized spacial score (nSPS) is 13.4. The van der Waals surface area contributed by atoms with Crippen molar-refractivity contribution in [3.8, 4) is 5.75 Å². The lowest BCUT2D eigenvalue weighted by atomic mass is 9.99. The van der Waals surface area contributed by atoms with E-state index in [0.717, 1.165) is 11.3 Å². The molecule has 1 aromatic rings. The molecule has 0 aliphatic heterocycles. The smallest absolute Gasteiger partial charge is 0.126 e. The van der Waals surface area contributed by atoms with Gasteiger partial charge in [-0.1, -0.05) is 12.1 Å². The Morgan fingerprint density at radius 2 is 1.84 bits per heavy atom. The van der Waals surface area contributed by atoms with E-state index in [1.165, 1.54) is 11.1 Å². The van der Waals surface area contributed by atoms with Crippen LogP contribution in [0, 0.1) is 13.8 Å². The van der Waals surface area contributed by atoms with E-state index in [-0.39, 0.29) is 11.6 Å². The Morgan fingerprint density at radius 1 is 1.21 bits per heavy atom. The third kappa shape index (κ3) is 4.22. The third-order valence-corrected chi connectivity index (χ3v) is 3.32. The van der Waals surface area contributed by atoms with Crippen molar-refractivity contribution >= 4 is 0 Å². The number of hydrogen-bond donors (Lipinski definition) is 1. The van der Waals surface area contributed by atoms with Crippen LogP contribution in [0.25, 0.3) is 0 Å². The van der Waals surface area contributed by atoms with E-state index in [4.69, 9.17) is 9.47 Å². The third-order valence-electron chi connectivity index (χ3n) is 3.32. The van der Waals surface area contributed by atoms with Crippen LogP contribution in [-0.2, 0) is 4.74 Å². The minimum atomic E-state index is -0.137. The molecule has 1 N–H and O–H groups in total. The van der Waals surface area contributed by atoms with Gasteiger partial charge in [-0.2, -0.15) is 0 Å². The van der Waals surface area contributed by atoms with Gasteiger partial charge in [-0.3, -0.25) is 0 Å². The second kappa shape index (κ2) is 6.40. The SMILES string of the molecule is CNC(COC(C)(C)C)c1ccc(C)c(C)c1OC. The van der Waals surface area contributed by atoms with Gasteiger partial charge in [0.1, 0.15) is 5.75 Å². The average Bonchev–Trinajstić information content (AvgIpc) is 2.33. The molecule has 0 heterocycles. The molecule has 108 valence electrons.